The van der Waals surface area contributed by atoms with Crippen LogP contribution in [0.3, 0.4) is 0 Å². The fraction of sp³-hybridized carbons (Fsp3) is 0.692. The minimum absolute atomic E-state index is 0.101. The Bertz CT molecular complexity index is 434. The van der Waals surface area contributed by atoms with Crippen molar-refractivity contribution in [1.82, 2.24) is 5.43 Å². The van der Waals surface area contributed by atoms with Crippen molar-refractivity contribution in [2.24, 2.45) is 11.8 Å². The van der Waals surface area contributed by atoms with Gasteiger partial charge in [-0.05, 0) is 43.1 Å². The second-order valence-electron chi connectivity index (χ2n) is 5.37. The molecule has 3 unspecified atom stereocenters. The van der Waals surface area contributed by atoms with Crippen LogP contribution in [-0.4, -0.2) is 23.7 Å². The maximum absolute atomic E-state index is 6.08. The lowest BCUT2D eigenvalue weighted by Crippen LogP contribution is -2.44. The predicted octanol–water partition coefficient (Wildman–Crippen LogP) is 3.21. The topological polar surface area (TPSA) is 47.3 Å². The Balaban J connectivity index is 1.76. The summed E-state index contributed by atoms with van der Waals surface area (Å²) >= 11 is 9.67. The minimum Gasteiger partial charge on any atom is -0.374 e. The van der Waals surface area contributed by atoms with E-state index in [1.807, 2.05) is 17.8 Å². The molecule has 19 heavy (non-hydrogen) atoms. The van der Waals surface area contributed by atoms with Crippen LogP contribution in [0.15, 0.2) is 12.1 Å². The zero-order valence-electron chi connectivity index (χ0n) is 10.7. The molecule has 0 aliphatic carbocycles. The molecule has 3 N–H and O–H groups in total. The van der Waals surface area contributed by atoms with Gasteiger partial charge in [0, 0.05) is 17.2 Å². The van der Waals surface area contributed by atoms with Gasteiger partial charge < -0.3 is 4.74 Å². The van der Waals surface area contributed by atoms with Crippen LogP contribution in [0.25, 0.3) is 0 Å². The number of hydrogen-bond acceptors (Lipinski definition) is 5. The van der Waals surface area contributed by atoms with Crippen molar-refractivity contribution in [2.45, 2.75) is 30.9 Å². The van der Waals surface area contributed by atoms with Gasteiger partial charge in [-0.1, -0.05) is 11.6 Å². The predicted molar refractivity (Wildman–Crippen MR) is 82.7 cm³/mol. The third-order valence-electron chi connectivity index (χ3n) is 4.15. The molecule has 2 aliphatic heterocycles. The van der Waals surface area contributed by atoms with Crippen LogP contribution in [0.1, 0.15) is 30.2 Å². The van der Waals surface area contributed by atoms with E-state index in [0.717, 1.165) is 29.5 Å². The Kier molecular flexibility index (Phi) is 4.41. The quantitative estimate of drug-likeness (QED) is 0.663. The molecular weight excluding hydrogens is 300 g/mol. The highest BCUT2D eigenvalue weighted by molar-refractivity contribution is 7.99. The van der Waals surface area contributed by atoms with Crippen LogP contribution in [0, 0.1) is 5.92 Å². The first-order valence-electron chi connectivity index (χ1n) is 6.65. The highest BCUT2D eigenvalue weighted by atomic mass is 35.5. The molecule has 0 bridgehead atoms. The molecule has 3 atom stereocenters. The molecule has 1 aromatic rings. The van der Waals surface area contributed by atoms with E-state index < -0.39 is 0 Å². The average Bonchev–Trinajstić information content (AvgIpc) is 3.01. The minimum atomic E-state index is 0.101. The lowest BCUT2D eigenvalue weighted by molar-refractivity contribution is -0.0852. The van der Waals surface area contributed by atoms with Gasteiger partial charge in [0.1, 0.15) is 0 Å². The van der Waals surface area contributed by atoms with E-state index >= 15 is 0 Å². The van der Waals surface area contributed by atoms with Crippen LogP contribution >= 0.6 is 34.7 Å². The van der Waals surface area contributed by atoms with Crippen LogP contribution in [-0.2, 0) is 4.74 Å². The first-order chi connectivity index (χ1) is 9.22. The fourth-order valence-electron chi connectivity index (χ4n) is 3.16. The standard InChI is InChI=1S/C13H19ClN2OS2/c14-11-2-1-10(19-11)12(16-15)9-3-5-17-13(7-9)4-6-18-8-13/h1-2,9,12,16H,3-8,15H2. The van der Waals surface area contributed by atoms with Gasteiger partial charge in [-0.15, -0.1) is 11.3 Å². The summed E-state index contributed by atoms with van der Waals surface area (Å²) in [6.45, 7) is 0.850. The highest BCUT2D eigenvalue weighted by Crippen LogP contribution is 2.44. The van der Waals surface area contributed by atoms with Crippen molar-refractivity contribution in [1.29, 1.82) is 0 Å². The summed E-state index contributed by atoms with van der Waals surface area (Å²) in [4.78, 5) is 1.24. The summed E-state index contributed by atoms with van der Waals surface area (Å²) in [6.07, 6.45) is 3.35. The maximum Gasteiger partial charge on any atom is 0.0931 e. The summed E-state index contributed by atoms with van der Waals surface area (Å²) < 4.78 is 6.91. The summed E-state index contributed by atoms with van der Waals surface area (Å²) in [6, 6.07) is 4.24. The van der Waals surface area contributed by atoms with E-state index in [-0.39, 0.29) is 11.6 Å². The van der Waals surface area contributed by atoms with Crippen molar-refractivity contribution in [3.8, 4) is 0 Å². The molecule has 6 heteroatoms. The van der Waals surface area contributed by atoms with Crippen molar-refractivity contribution < 1.29 is 4.74 Å². The van der Waals surface area contributed by atoms with Gasteiger partial charge in [0.2, 0.25) is 0 Å². The second kappa shape index (κ2) is 5.92. The van der Waals surface area contributed by atoms with Gasteiger partial charge in [-0.25, -0.2) is 0 Å². The number of thioether (sulfide) groups is 1. The fourth-order valence-corrected chi connectivity index (χ4v) is 5.75. The molecule has 2 fully saturated rings. The van der Waals surface area contributed by atoms with Crippen molar-refractivity contribution in [3.63, 3.8) is 0 Å². The number of rotatable bonds is 3. The molecule has 2 aliphatic rings. The van der Waals surface area contributed by atoms with Crippen LogP contribution in [0.2, 0.25) is 4.34 Å². The molecule has 3 heterocycles. The third-order valence-corrected chi connectivity index (χ3v) is 6.69. The molecule has 0 saturated carbocycles. The molecule has 0 radical (unpaired) electrons. The Morgan fingerprint density at radius 2 is 2.42 bits per heavy atom. The van der Waals surface area contributed by atoms with Gasteiger partial charge in [0.25, 0.3) is 0 Å². The van der Waals surface area contributed by atoms with E-state index in [2.05, 4.69) is 11.5 Å². The second-order valence-corrected chi connectivity index (χ2v) is 8.22. The third kappa shape index (κ3) is 2.96. The number of hydrogen-bond donors (Lipinski definition) is 2. The van der Waals surface area contributed by atoms with E-state index in [4.69, 9.17) is 22.2 Å². The number of halogens is 1. The SMILES string of the molecule is NNC(c1ccc(Cl)s1)C1CCOC2(CCSC2)C1. The Hall–Kier alpha value is 0.220. The van der Waals surface area contributed by atoms with Gasteiger partial charge in [-0.2, -0.15) is 11.8 Å². The van der Waals surface area contributed by atoms with Crippen LogP contribution in [0.4, 0.5) is 0 Å². The Morgan fingerprint density at radius 1 is 1.53 bits per heavy atom. The van der Waals surface area contributed by atoms with Gasteiger partial charge in [0.05, 0.1) is 16.0 Å². The Labute approximate surface area is 127 Å². The lowest BCUT2D eigenvalue weighted by Gasteiger charge is -2.40. The maximum atomic E-state index is 6.08. The summed E-state index contributed by atoms with van der Waals surface area (Å²) in [5.41, 5.74) is 3.10. The van der Waals surface area contributed by atoms with Crippen LogP contribution in [0.5, 0.6) is 0 Å². The van der Waals surface area contributed by atoms with Crippen molar-refractivity contribution >= 4 is 34.7 Å². The van der Waals surface area contributed by atoms with Gasteiger partial charge >= 0.3 is 0 Å². The summed E-state index contributed by atoms with van der Waals surface area (Å²) in [7, 11) is 0. The summed E-state index contributed by atoms with van der Waals surface area (Å²) in [5, 5.41) is 0. The van der Waals surface area contributed by atoms with Crippen molar-refractivity contribution in [2.75, 3.05) is 18.1 Å². The largest absolute Gasteiger partial charge is 0.374 e. The smallest absolute Gasteiger partial charge is 0.0931 e. The zero-order valence-corrected chi connectivity index (χ0v) is 13.1. The lowest BCUT2D eigenvalue weighted by atomic mass is 9.81. The molecule has 3 rings (SSSR count). The van der Waals surface area contributed by atoms with E-state index in [1.165, 1.54) is 17.1 Å². The van der Waals surface area contributed by atoms with E-state index in [9.17, 15) is 0 Å². The van der Waals surface area contributed by atoms with Gasteiger partial charge in [0.15, 0.2) is 0 Å². The zero-order chi connectivity index (χ0) is 13.3. The van der Waals surface area contributed by atoms with Gasteiger partial charge in [-0.3, -0.25) is 11.3 Å². The molecule has 3 nitrogen and oxygen atoms in total. The number of thiophene rings is 1. The molecule has 106 valence electrons. The molecular formula is C13H19ClN2OS2. The molecule has 2 saturated heterocycles. The average molecular weight is 319 g/mol. The number of hydrazine groups is 1. The first kappa shape index (κ1) is 14.2. The number of ether oxygens (including phenoxy) is 1. The number of nitrogens with one attached hydrogen (secondary N) is 1. The normalized spacial score (nSPS) is 32.8. The first-order valence-corrected chi connectivity index (χ1v) is 9.00. The molecule has 0 aromatic carbocycles. The highest BCUT2D eigenvalue weighted by Gasteiger charge is 2.42. The van der Waals surface area contributed by atoms with Crippen LogP contribution < -0.4 is 11.3 Å². The molecule has 1 aromatic heterocycles. The number of nitrogens with two attached hydrogens (primary N) is 1. The molecule has 1 spiro atoms. The van der Waals surface area contributed by atoms with E-state index in [0.29, 0.717) is 5.92 Å². The molecule has 0 amide bonds. The van der Waals surface area contributed by atoms with E-state index in [1.54, 1.807) is 11.3 Å². The Morgan fingerprint density at radius 3 is 3.05 bits per heavy atom. The monoisotopic (exact) mass is 318 g/mol. The van der Waals surface area contributed by atoms with Crippen molar-refractivity contribution in [3.05, 3.63) is 21.3 Å². The summed E-state index contributed by atoms with van der Waals surface area (Å²) in [5.74, 6) is 8.69.